The number of alkyl halides is 3. The molecule has 0 fully saturated rings. The Labute approximate surface area is 447 Å². The number of hydrogen-bond acceptors (Lipinski definition) is 16. The number of pyridine rings is 2. The average molecular weight is 1060 g/mol. The molecule has 0 aliphatic heterocycles. The van der Waals surface area contributed by atoms with Crippen molar-refractivity contribution in [1.82, 2.24) is 49.8 Å². The van der Waals surface area contributed by atoms with Crippen LogP contribution >= 0.6 is 11.6 Å². The van der Waals surface area contributed by atoms with Crippen LogP contribution in [-0.4, -0.2) is 62.1 Å². The molecule has 6 aromatic carbocycles. The van der Waals surface area contributed by atoms with E-state index in [4.69, 9.17) is 34.5 Å². The molecule has 0 radical (unpaired) electrons. The number of nitrogens with one attached hydrogen (secondary N) is 1. The predicted molar refractivity (Wildman–Crippen MR) is 299 cm³/mol. The molecular formula is C57H43ClF3N15O2. The number of rotatable bonds is 6. The van der Waals surface area contributed by atoms with Gasteiger partial charge in [-0.1, -0.05) is 90.5 Å². The summed E-state index contributed by atoms with van der Waals surface area (Å²) in [6.07, 6.45) is 0.950. The van der Waals surface area contributed by atoms with E-state index in [0.29, 0.717) is 45.3 Å². The number of halogens is 4. The highest BCUT2D eigenvalue weighted by Gasteiger charge is 2.31. The average Bonchev–Trinajstić information content (AvgIpc) is 3.47. The lowest BCUT2D eigenvalue weighted by molar-refractivity contribution is -0.274. The third-order valence-electron chi connectivity index (χ3n) is 11.5. The lowest BCUT2D eigenvalue weighted by Crippen LogP contribution is -2.17. The van der Waals surface area contributed by atoms with Gasteiger partial charge in [0, 0.05) is 39.5 Å². The quantitative estimate of drug-likeness (QED) is 0.104. The topological polar surface area (TPSA) is 271 Å². The summed E-state index contributed by atoms with van der Waals surface area (Å²) in [6.45, 7) is 1.49. The van der Waals surface area contributed by atoms with E-state index in [9.17, 15) is 18.0 Å². The number of fused-ring (bicyclic) bond motifs is 4. The van der Waals surface area contributed by atoms with Crippen LogP contribution in [0.1, 0.15) is 6.92 Å². The zero-order chi connectivity index (χ0) is 54.8. The molecule has 1 amide bonds. The molecule has 0 aliphatic rings. The number of nitrogens with two attached hydrogens (primary N) is 4. The van der Waals surface area contributed by atoms with E-state index in [1.54, 1.807) is 18.2 Å². The fourth-order valence-corrected chi connectivity index (χ4v) is 7.93. The van der Waals surface area contributed by atoms with Crippen molar-refractivity contribution in [3.8, 4) is 50.5 Å². The maximum absolute atomic E-state index is 12.3. The summed E-state index contributed by atoms with van der Waals surface area (Å²) in [5.41, 5.74) is 35.1. The first kappa shape index (κ1) is 52.4. The molecule has 78 heavy (non-hydrogen) atoms. The van der Waals surface area contributed by atoms with Crippen LogP contribution < -0.4 is 33.0 Å². The number of benzene rings is 6. The minimum absolute atomic E-state index is 0.0848. The first-order valence-corrected chi connectivity index (χ1v) is 23.8. The van der Waals surface area contributed by atoms with Crippen molar-refractivity contribution in [3.05, 3.63) is 194 Å². The van der Waals surface area contributed by atoms with Gasteiger partial charge in [0.25, 0.3) is 0 Å². The molecule has 0 unspecified atom stereocenters. The second kappa shape index (κ2) is 23.4. The Kier molecular flexibility index (Phi) is 15.7. The number of hydrogen-bond donors (Lipinski definition) is 5. The van der Waals surface area contributed by atoms with E-state index < -0.39 is 6.36 Å². The number of carbonyl (C=O) groups excluding carboxylic acids is 1. The molecule has 12 aromatic rings. The van der Waals surface area contributed by atoms with E-state index in [2.05, 4.69) is 59.9 Å². The van der Waals surface area contributed by atoms with Crippen molar-refractivity contribution in [2.75, 3.05) is 28.3 Å². The van der Waals surface area contributed by atoms with Crippen LogP contribution in [0.15, 0.2) is 189 Å². The van der Waals surface area contributed by atoms with E-state index in [-0.39, 0.29) is 17.5 Å². The number of amides is 1. The molecule has 9 N–H and O–H groups in total. The van der Waals surface area contributed by atoms with Crippen molar-refractivity contribution in [3.63, 3.8) is 0 Å². The Morgan fingerprint density at radius 3 is 1.40 bits per heavy atom. The highest BCUT2D eigenvalue weighted by molar-refractivity contribution is 6.30. The van der Waals surface area contributed by atoms with E-state index in [1.165, 1.54) is 50.4 Å². The van der Waals surface area contributed by atoms with Crippen LogP contribution in [0.3, 0.4) is 0 Å². The fraction of sp³-hybridized carbons (Fsp3) is 0.0351. The Morgan fingerprint density at radius 1 is 0.462 bits per heavy atom. The highest BCUT2D eigenvalue weighted by Crippen LogP contribution is 2.31. The van der Waals surface area contributed by atoms with Gasteiger partial charge in [0.05, 0.1) is 33.5 Å². The van der Waals surface area contributed by atoms with Gasteiger partial charge in [0.1, 0.15) is 53.7 Å². The molecule has 21 heteroatoms. The van der Waals surface area contributed by atoms with Crippen LogP contribution in [0.25, 0.3) is 88.6 Å². The molecule has 17 nitrogen and oxygen atoms in total. The normalized spacial score (nSPS) is 10.9. The van der Waals surface area contributed by atoms with Crippen molar-refractivity contribution >= 4 is 90.3 Å². The Hall–Kier alpha value is -10.5. The predicted octanol–water partition coefficient (Wildman–Crippen LogP) is 11.8. The summed E-state index contributed by atoms with van der Waals surface area (Å²) in [4.78, 5) is 52.1. The number of anilines is 5. The zero-order valence-corrected chi connectivity index (χ0v) is 41.8. The molecule has 12 rings (SSSR count). The number of aromatic nitrogens is 10. The second-order valence-corrected chi connectivity index (χ2v) is 17.3. The largest absolute Gasteiger partial charge is 0.573 e. The molecular weight excluding hydrogens is 1020 g/mol. The standard InChI is InChI=1S/C16H14N4O.C14H10ClN3.C14H9F3N4O.C13H10N4/c1-10(21)20-13-5-2-11(3-6-13)12-4-7-15-14(8-12)16(17)19-9-18-15;15-11-4-1-9(2-5-11)10-3-6-13-12(7-10)14(16)18-8-17-13;15-14(16,17)22-9-3-1-2-8(6-9)10-4-5-11-12(21-10)13(18)20-7-19-11;14-13-12-11(15-8-16-13)7-6-10(17-12)9-4-2-1-3-5-9/h2-9H,1H3,(H,20,21)(H2,17,18,19);1-8H,(H2,16,17,18);1-7H,(H2,18,19,20);1-8H,(H2,14,15,16). The van der Waals surface area contributed by atoms with Gasteiger partial charge in [0.2, 0.25) is 5.91 Å². The van der Waals surface area contributed by atoms with Gasteiger partial charge >= 0.3 is 6.36 Å². The van der Waals surface area contributed by atoms with Crippen molar-refractivity contribution in [2.45, 2.75) is 13.3 Å². The minimum atomic E-state index is -4.74. The highest BCUT2D eigenvalue weighted by atomic mass is 35.5. The van der Waals surface area contributed by atoms with Gasteiger partial charge in [-0.3, -0.25) is 4.79 Å². The van der Waals surface area contributed by atoms with E-state index in [0.717, 1.165) is 71.5 Å². The molecule has 6 aromatic heterocycles. The van der Waals surface area contributed by atoms with Gasteiger partial charge in [-0.05, 0) is 107 Å². The lowest BCUT2D eigenvalue weighted by Gasteiger charge is -2.10. The number of nitrogen functional groups attached to an aromatic ring is 4. The van der Waals surface area contributed by atoms with Gasteiger partial charge < -0.3 is 33.0 Å². The monoisotopic (exact) mass is 1060 g/mol. The van der Waals surface area contributed by atoms with Crippen LogP contribution in [-0.2, 0) is 4.79 Å². The summed E-state index contributed by atoms with van der Waals surface area (Å²) < 4.78 is 40.7. The van der Waals surface area contributed by atoms with Crippen LogP contribution in [0.2, 0.25) is 5.02 Å². The van der Waals surface area contributed by atoms with Gasteiger partial charge in [-0.15, -0.1) is 13.2 Å². The lowest BCUT2D eigenvalue weighted by atomic mass is 10.0. The maximum Gasteiger partial charge on any atom is 0.573 e. The second-order valence-electron chi connectivity index (χ2n) is 16.8. The molecule has 0 bridgehead atoms. The fourth-order valence-electron chi connectivity index (χ4n) is 7.80. The zero-order valence-electron chi connectivity index (χ0n) is 41.0. The molecule has 0 atom stereocenters. The summed E-state index contributed by atoms with van der Waals surface area (Å²) in [5.74, 6) is 1.18. The maximum atomic E-state index is 12.3. The van der Waals surface area contributed by atoms with Crippen LogP contribution in [0.5, 0.6) is 5.75 Å². The Morgan fingerprint density at radius 2 is 0.897 bits per heavy atom. The summed E-state index contributed by atoms with van der Waals surface area (Å²) >= 11 is 5.88. The molecule has 0 saturated heterocycles. The minimum Gasteiger partial charge on any atom is -0.406 e. The molecule has 6 heterocycles. The first-order chi connectivity index (χ1) is 37.6. The number of ether oxygens (including phenoxy) is 1. The van der Waals surface area contributed by atoms with E-state index >= 15 is 0 Å². The van der Waals surface area contributed by atoms with Gasteiger partial charge in [-0.25, -0.2) is 49.8 Å². The van der Waals surface area contributed by atoms with Crippen LogP contribution in [0.4, 0.5) is 42.1 Å². The molecule has 0 saturated carbocycles. The van der Waals surface area contributed by atoms with Gasteiger partial charge in [0.15, 0.2) is 11.6 Å². The summed E-state index contributed by atoms with van der Waals surface area (Å²) in [5, 5.41) is 5.17. The third kappa shape index (κ3) is 13.1. The Bertz CT molecular complexity index is 4090. The SMILES string of the molecule is CC(=O)Nc1ccc(-c2ccc3ncnc(N)c3c2)cc1.Nc1ncnc2ccc(-c3ccc(Cl)cc3)cc12.Nc1ncnc2ccc(-c3cccc(OC(F)(F)F)c3)nc12.Nc1ncnc2ccc(-c3ccccc3)nc12. The molecule has 0 aliphatic carbocycles. The number of carbonyl (C=O) groups is 1. The third-order valence-corrected chi connectivity index (χ3v) is 11.8. The van der Waals surface area contributed by atoms with Crippen molar-refractivity contribution < 1.29 is 22.7 Å². The van der Waals surface area contributed by atoms with Crippen LogP contribution in [0, 0.1) is 0 Å². The Balaban J connectivity index is 0.000000127. The van der Waals surface area contributed by atoms with E-state index in [1.807, 2.05) is 127 Å². The van der Waals surface area contributed by atoms with Crippen molar-refractivity contribution in [2.24, 2.45) is 0 Å². The molecule has 386 valence electrons. The molecule has 0 spiro atoms. The van der Waals surface area contributed by atoms with Gasteiger partial charge in [-0.2, -0.15) is 0 Å². The number of nitrogens with zero attached hydrogens (tertiary/aromatic N) is 10. The smallest absolute Gasteiger partial charge is 0.406 e. The summed E-state index contributed by atoms with van der Waals surface area (Å²) in [6, 6.07) is 49.8. The first-order valence-electron chi connectivity index (χ1n) is 23.4. The van der Waals surface area contributed by atoms with Crippen molar-refractivity contribution in [1.29, 1.82) is 0 Å². The summed E-state index contributed by atoms with van der Waals surface area (Å²) in [7, 11) is 0.